The summed E-state index contributed by atoms with van der Waals surface area (Å²) in [7, 11) is 0. The van der Waals surface area contributed by atoms with Crippen molar-refractivity contribution < 1.29 is 19.4 Å². The first-order valence-corrected chi connectivity index (χ1v) is 17.1. The van der Waals surface area contributed by atoms with Gasteiger partial charge < -0.3 is 20.5 Å². The number of H-pyrrole nitrogens is 1. The van der Waals surface area contributed by atoms with Gasteiger partial charge in [0.25, 0.3) is 0 Å². The lowest BCUT2D eigenvalue weighted by Gasteiger charge is -2.19. The van der Waals surface area contributed by atoms with Crippen LogP contribution in [0.4, 0.5) is 22.0 Å². The first-order chi connectivity index (χ1) is 21.6. The molecule has 0 saturated carbocycles. The molecule has 0 fully saturated rings. The summed E-state index contributed by atoms with van der Waals surface area (Å²) in [5.74, 6) is 0.170. The smallest absolute Gasteiger partial charge is 0.450 e. The van der Waals surface area contributed by atoms with Crippen LogP contribution in [0.3, 0.4) is 0 Å². The average Bonchev–Trinajstić information content (AvgIpc) is 3.30. The minimum Gasteiger partial charge on any atom is -0.450 e. The number of carboxylic acid groups (broad SMARTS) is 1. The zero-order valence-corrected chi connectivity index (χ0v) is 28.9. The molecule has 1 amide bonds. The molecule has 2 aromatic carbocycles. The summed E-state index contributed by atoms with van der Waals surface area (Å²) in [5, 5.41) is 23.5. The van der Waals surface area contributed by atoms with Crippen molar-refractivity contribution in [2.45, 2.75) is 96.5 Å². The van der Waals surface area contributed by atoms with Gasteiger partial charge in [0.2, 0.25) is 5.91 Å². The summed E-state index contributed by atoms with van der Waals surface area (Å²) < 4.78 is 5.08. The number of aromatic amines is 1. The predicted octanol–water partition coefficient (Wildman–Crippen LogP) is 12.0. The summed E-state index contributed by atoms with van der Waals surface area (Å²) in [6.07, 6.45) is 11.2. The number of unbranched alkanes of at least 4 members (excludes halogenated alkanes) is 10. The zero-order valence-electron chi connectivity index (χ0n) is 25.2. The van der Waals surface area contributed by atoms with Crippen LogP contribution < -0.4 is 10.6 Å². The van der Waals surface area contributed by atoms with Crippen LogP contribution in [0.25, 0.3) is 0 Å². The molecular weight excluding hydrogens is 682 g/mol. The Bertz CT molecular complexity index is 1400. The van der Waals surface area contributed by atoms with Crippen molar-refractivity contribution in [1.82, 2.24) is 10.2 Å². The third-order valence-corrected chi connectivity index (χ3v) is 8.86. The quantitative estimate of drug-likeness (QED) is 0.0723. The van der Waals surface area contributed by atoms with Gasteiger partial charge in [-0.2, -0.15) is 5.10 Å². The molecule has 1 heterocycles. The van der Waals surface area contributed by atoms with Gasteiger partial charge in [0.1, 0.15) is 11.1 Å². The van der Waals surface area contributed by atoms with Gasteiger partial charge in [0, 0.05) is 29.1 Å². The topological polar surface area (TPSA) is 116 Å². The second kappa shape index (κ2) is 19.3. The summed E-state index contributed by atoms with van der Waals surface area (Å²) in [6, 6.07) is 7.95. The van der Waals surface area contributed by atoms with Crippen molar-refractivity contribution in [2.24, 2.45) is 0 Å². The number of nitrogens with one attached hydrogen (secondary N) is 3. The third kappa shape index (κ3) is 12.4. The van der Waals surface area contributed by atoms with Gasteiger partial charge in [-0.3, -0.25) is 9.89 Å². The normalized spacial score (nSPS) is 11.8. The fraction of sp³-hybridized carbons (Fsp3) is 0.469. The largest absolute Gasteiger partial charge is 0.506 e. The van der Waals surface area contributed by atoms with Crippen molar-refractivity contribution in [3.63, 3.8) is 0 Å². The van der Waals surface area contributed by atoms with Crippen LogP contribution >= 0.6 is 58.0 Å². The van der Waals surface area contributed by atoms with E-state index in [1.54, 1.807) is 18.2 Å². The molecule has 1 unspecified atom stereocenters. The minimum absolute atomic E-state index is 0.0518. The molecular formula is C32H39Cl5N4O4. The van der Waals surface area contributed by atoms with E-state index in [0.29, 0.717) is 33.5 Å². The standard InChI is InChI=1S/C32H39Cl5N4O4/c1-2-3-4-5-6-7-8-9-10-11-12-13-28(42)38-21-14-15-22(34)25(18-21)39-31-30(37)26(40-41-31)19-27(45-32(43)44)29-23(35)16-20(33)17-24(29)36/h14-18,27H,2-13,19H2,1H3,(H,38,42)(H,43,44)(H2,39,40,41). The monoisotopic (exact) mass is 718 g/mol. The summed E-state index contributed by atoms with van der Waals surface area (Å²) in [6.45, 7) is 2.24. The predicted molar refractivity (Wildman–Crippen MR) is 185 cm³/mol. The second-order valence-corrected chi connectivity index (χ2v) is 12.9. The Morgan fingerprint density at radius 2 is 1.47 bits per heavy atom. The fourth-order valence-electron chi connectivity index (χ4n) is 4.95. The summed E-state index contributed by atoms with van der Waals surface area (Å²) in [4.78, 5) is 24.0. The van der Waals surface area contributed by atoms with Crippen molar-refractivity contribution in [3.8, 4) is 0 Å². The molecule has 246 valence electrons. The first-order valence-electron chi connectivity index (χ1n) is 15.2. The fourth-order valence-corrected chi connectivity index (χ4v) is 6.39. The molecule has 0 spiro atoms. The number of nitrogens with zero attached hydrogens (tertiary/aromatic N) is 1. The number of rotatable bonds is 19. The Labute approximate surface area is 289 Å². The molecule has 4 N–H and O–H groups in total. The molecule has 8 nitrogen and oxygen atoms in total. The van der Waals surface area contributed by atoms with Crippen LogP contribution in [0.2, 0.25) is 25.1 Å². The van der Waals surface area contributed by atoms with E-state index in [1.807, 2.05) is 0 Å². The number of ether oxygens (including phenoxy) is 1. The Morgan fingerprint density at radius 3 is 2.07 bits per heavy atom. The number of anilines is 3. The Kier molecular flexibility index (Phi) is 15.9. The maximum atomic E-state index is 12.6. The van der Waals surface area contributed by atoms with Crippen LogP contribution in [0.1, 0.15) is 101 Å². The lowest BCUT2D eigenvalue weighted by atomic mass is 10.0. The van der Waals surface area contributed by atoms with E-state index in [4.69, 9.17) is 62.7 Å². The Balaban J connectivity index is 1.54. The minimum atomic E-state index is -1.52. The molecule has 0 aliphatic carbocycles. The molecule has 1 aromatic heterocycles. The van der Waals surface area contributed by atoms with E-state index in [0.717, 1.165) is 19.3 Å². The maximum Gasteiger partial charge on any atom is 0.506 e. The highest BCUT2D eigenvalue weighted by Gasteiger charge is 2.26. The van der Waals surface area contributed by atoms with Crippen molar-refractivity contribution in [2.75, 3.05) is 10.6 Å². The molecule has 0 aliphatic rings. The van der Waals surface area contributed by atoms with E-state index in [-0.39, 0.29) is 38.8 Å². The van der Waals surface area contributed by atoms with Gasteiger partial charge in [-0.1, -0.05) is 129 Å². The molecule has 0 radical (unpaired) electrons. The van der Waals surface area contributed by atoms with Crippen molar-refractivity contribution in [1.29, 1.82) is 0 Å². The van der Waals surface area contributed by atoms with Crippen LogP contribution in [0.5, 0.6) is 0 Å². The number of hydrogen-bond acceptors (Lipinski definition) is 5. The number of amides is 1. The molecule has 45 heavy (non-hydrogen) atoms. The first kappa shape index (κ1) is 37.1. The lowest BCUT2D eigenvalue weighted by Crippen LogP contribution is -2.13. The van der Waals surface area contributed by atoms with Crippen molar-refractivity contribution in [3.05, 3.63) is 66.7 Å². The van der Waals surface area contributed by atoms with E-state index in [2.05, 4.69) is 27.8 Å². The Hall–Kier alpha value is -2.36. The van der Waals surface area contributed by atoms with E-state index in [9.17, 15) is 14.7 Å². The van der Waals surface area contributed by atoms with Crippen LogP contribution in [-0.2, 0) is 16.0 Å². The number of carbonyl (C=O) groups excluding carboxylic acids is 1. The SMILES string of the molecule is CCCCCCCCCCCCCC(=O)Nc1ccc(Cl)c(Nc2n[nH]c(CC(OC(=O)O)c3c(Cl)cc(Cl)cc3Cl)c2Cl)c1. The highest BCUT2D eigenvalue weighted by Crippen LogP contribution is 2.39. The molecule has 0 aliphatic heterocycles. The molecule has 0 saturated heterocycles. The molecule has 1 atom stereocenters. The molecule has 13 heteroatoms. The molecule has 3 rings (SSSR count). The van der Waals surface area contributed by atoms with E-state index in [1.165, 1.54) is 63.5 Å². The lowest BCUT2D eigenvalue weighted by molar-refractivity contribution is -0.116. The van der Waals surface area contributed by atoms with Gasteiger partial charge in [-0.15, -0.1) is 0 Å². The van der Waals surface area contributed by atoms with Crippen molar-refractivity contribution >= 4 is 87.3 Å². The average molecular weight is 721 g/mol. The number of hydrogen-bond donors (Lipinski definition) is 4. The Morgan fingerprint density at radius 1 is 0.867 bits per heavy atom. The number of aromatic nitrogens is 2. The number of benzene rings is 2. The summed E-state index contributed by atoms with van der Waals surface area (Å²) >= 11 is 31.7. The van der Waals surface area contributed by atoms with Gasteiger partial charge in [0.05, 0.1) is 26.4 Å². The van der Waals surface area contributed by atoms with Gasteiger partial charge >= 0.3 is 6.16 Å². The van der Waals surface area contributed by atoms with Gasteiger partial charge in [0.15, 0.2) is 5.82 Å². The molecule has 3 aromatic rings. The zero-order chi connectivity index (χ0) is 32.8. The van der Waals surface area contributed by atoms with Crippen LogP contribution in [-0.4, -0.2) is 27.4 Å². The van der Waals surface area contributed by atoms with Gasteiger partial charge in [-0.05, 0) is 36.8 Å². The maximum absolute atomic E-state index is 12.6. The van der Waals surface area contributed by atoms with Crippen LogP contribution in [0, 0.1) is 0 Å². The van der Waals surface area contributed by atoms with E-state index < -0.39 is 12.3 Å². The summed E-state index contributed by atoms with van der Waals surface area (Å²) in [5.41, 5.74) is 1.64. The highest BCUT2D eigenvalue weighted by atomic mass is 35.5. The molecule has 0 bridgehead atoms. The second-order valence-electron chi connectivity index (χ2n) is 10.9. The van der Waals surface area contributed by atoms with E-state index >= 15 is 0 Å². The number of carbonyl (C=O) groups is 2. The number of halogens is 5. The van der Waals surface area contributed by atoms with Gasteiger partial charge in [-0.25, -0.2) is 4.79 Å². The highest BCUT2D eigenvalue weighted by molar-refractivity contribution is 6.39. The van der Waals surface area contributed by atoms with Crippen LogP contribution in [0.15, 0.2) is 30.3 Å². The third-order valence-electron chi connectivity index (χ3n) is 7.28.